The van der Waals surface area contributed by atoms with Gasteiger partial charge in [-0.2, -0.15) is 13.2 Å². The molecule has 0 saturated carbocycles. The summed E-state index contributed by atoms with van der Waals surface area (Å²) in [7, 11) is 3.70. The fourth-order valence-electron chi connectivity index (χ4n) is 2.61. The molecular formula is C15H20F3N3O2. The highest BCUT2D eigenvalue weighted by Gasteiger charge is 2.29. The van der Waals surface area contributed by atoms with Crippen LogP contribution in [-0.4, -0.2) is 67.2 Å². The summed E-state index contributed by atoms with van der Waals surface area (Å²) in [6.07, 6.45) is -3.41. The Kier molecular flexibility index (Phi) is 5.46. The summed E-state index contributed by atoms with van der Waals surface area (Å²) in [6.45, 7) is 1.10. The maximum Gasteiger partial charge on any atom is 0.422 e. The number of aromatic nitrogens is 1. The van der Waals surface area contributed by atoms with Gasteiger partial charge >= 0.3 is 6.18 Å². The second-order valence-electron chi connectivity index (χ2n) is 5.87. The van der Waals surface area contributed by atoms with Gasteiger partial charge in [0.05, 0.1) is 0 Å². The summed E-state index contributed by atoms with van der Waals surface area (Å²) >= 11 is 0. The maximum absolute atomic E-state index is 12.3. The number of ether oxygens (including phenoxy) is 1. The van der Waals surface area contributed by atoms with Crippen LogP contribution in [0.15, 0.2) is 18.2 Å². The van der Waals surface area contributed by atoms with E-state index in [1.807, 2.05) is 7.05 Å². The first-order valence-electron chi connectivity index (χ1n) is 7.35. The Balaban J connectivity index is 1.95. The summed E-state index contributed by atoms with van der Waals surface area (Å²) in [4.78, 5) is 20.0. The maximum atomic E-state index is 12.3. The summed E-state index contributed by atoms with van der Waals surface area (Å²) in [5, 5.41) is 0. The number of likely N-dealkylation sites (tertiary alicyclic amines) is 1. The Hall–Kier alpha value is -1.83. The number of hydrogen-bond acceptors (Lipinski definition) is 4. The molecule has 128 valence electrons. The Bertz CT molecular complexity index is 551. The molecule has 1 saturated heterocycles. The SMILES string of the molecule is CN1CC[C@@H](CN(C)C(=O)c2cccc(OCC(F)(F)F)n2)C1. The summed E-state index contributed by atoms with van der Waals surface area (Å²) in [5.41, 5.74) is 0.0820. The lowest BCUT2D eigenvalue weighted by atomic mass is 10.1. The predicted molar refractivity (Wildman–Crippen MR) is 78.4 cm³/mol. The summed E-state index contributed by atoms with van der Waals surface area (Å²) in [6, 6.07) is 4.23. The van der Waals surface area contributed by atoms with Crippen LogP contribution < -0.4 is 4.74 Å². The van der Waals surface area contributed by atoms with Gasteiger partial charge in [-0.05, 0) is 32.0 Å². The molecule has 0 unspecified atom stereocenters. The Morgan fingerprint density at radius 2 is 2.22 bits per heavy atom. The molecule has 8 heteroatoms. The van der Waals surface area contributed by atoms with E-state index >= 15 is 0 Å². The van der Waals surface area contributed by atoms with E-state index < -0.39 is 12.8 Å². The predicted octanol–water partition coefficient (Wildman–Crippen LogP) is 2.05. The van der Waals surface area contributed by atoms with Gasteiger partial charge in [-0.3, -0.25) is 4.79 Å². The van der Waals surface area contributed by atoms with Gasteiger partial charge in [0.1, 0.15) is 5.69 Å². The van der Waals surface area contributed by atoms with E-state index in [1.54, 1.807) is 11.9 Å². The van der Waals surface area contributed by atoms with Gasteiger partial charge in [0, 0.05) is 26.2 Å². The molecule has 0 bridgehead atoms. The van der Waals surface area contributed by atoms with Gasteiger partial charge in [0.15, 0.2) is 6.61 Å². The zero-order valence-electron chi connectivity index (χ0n) is 13.1. The molecule has 0 aliphatic carbocycles. The number of hydrogen-bond donors (Lipinski definition) is 0. The van der Waals surface area contributed by atoms with E-state index in [0.29, 0.717) is 12.5 Å². The summed E-state index contributed by atoms with van der Waals surface area (Å²) in [5.74, 6) is -0.127. The number of nitrogens with zero attached hydrogens (tertiary/aromatic N) is 3. The van der Waals surface area contributed by atoms with Crippen molar-refractivity contribution in [2.45, 2.75) is 12.6 Å². The Labute approximate surface area is 133 Å². The lowest BCUT2D eigenvalue weighted by Crippen LogP contribution is -2.33. The van der Waals surface area contributed by atoms with Gasteiger partial charge in [-0.1, -0.05) is 6.07 Å². The topological polar surface area (TPSA) is 45.7 Å². The van der Waals surface area contributed by atoms with Gasteiger partial charge in [-0.25, -0.2) is 4.98 Å². The minimum atomic E-state index is -4.44. The average molecular weight is 331 g/mol. The second-order valence-corrected chi connectivity index (χ2v) is 5.87. The molecule has 0 spiro atoms. The number of amides is 1. The van der Waals surface area contributed by atoms with Gasteiger partial charge in [0.2, 0.25) is 5.88 Å². The minimum absolute atomic E-state index is 0.0820. The van der Waals surface area contributed by atoms with Crippen LogP contribution >= 0.6 is 0 Å². The van der Waals surface area contributed by atoms with Crippen LogP contribution in [0.4, 0.5) is 13.2 Å². The zero-order chi connectivity index (χ0) is 17.0. The molecule has 2 heterocycles. The van der Waals surface area contributed by atoms with Crippen molar-refractivity contribution in [2.24, 2.45) is 5.92 Å². The zero-order valence-corrected chi connectivity index (χ0v) is 13.1. The Morgan fingerprint density at radius 1 is 1.48 bits per heavy atom. The third kappa shape index (κ3) is 5.38. The quantitative estimate of drug-likeness (QED) is 0.828. The van der Waals surface area contributed by atoms with Gasteiger partial charge in [-0.15, -0.1) is 0 Å². The lowest BCUT2D eigenvalue weighted by molar-refractivity contribution is -0.154. The van der Waals surface area contributed by atoms with Crippen molar-refractivity contribution in [3.05, 3.63) is 23.9 Å². The van der Waals surface area contributed by atoms with Crippen molar-refractivity contribution < 1.29 is 22.7 Å². The van der Waals surface area contributed by atoms with Crippen molar-refractivity contribution in [3.8, 4) is 5.88 Å². The van der Waals surface area contributed by atoms with Crippen LogP contribution in [0.25, 0.3) is 0 Å². The van der Waals surface area contributed by atoms with E-state index in [-0.39, 0.29) is 17.5 Å². The average Bonchev–Trinajstić information content (AvgIpc) is 2.89. The molecule has 0 aromatic carbocycles. The van der Waals surface area contributed by atoms with Crippen molar-refractivity contribution >= 4 is 5.91 Å². The van der Waals surface area contributed by atoms with Crippen LogP contribution in [0.2, 0.25) is 0 Å². The molecule has 1 aliphatic heterocycles. The number of rotatable bonds is 5. The molecule has 1 atom stereocenters. The minimum Gasteiger partial charge on any atom is -0.468 e. The van der Waals surface area contributed by atoms with E-state index in [2.05, 4.69) is 14.6 Å². The second kappa shape index (κ2) is 7.16. The normalized spacial score (nSPS) is 18.9. The van der Waals surface area contributed by atoms with Crippen LogP contribution in [0.1, 0.15) is 16.9 Å². The molecule has 23 heavy (non-hydrogen) atoms. The van der Waals surface area contributed by atoms with Crippen molar-refractivity contribution in [3.63, 3.8) is 0 Å². The van der Waals surface area contributed by atoms with E-state index in [1.165, 1.54) is 18.2 Å². The van der Waals surface area contributed by atoms with Crippen LogP contribution in [0, 0.1) is 5.92 Å². The monoisotopic (exact) mass is 331 g/mol. The van der Waals surface area contributed by atoms with Crippen LogP contribution in [0.5, 0.6) is 5.88 Å². The highest BCUT2D eigenvalue weighted by molar-refractivity contribution is 5.92. The van der Waals surface area contributed by atoms with Crippen molar-refractivity contribution in [1.29, 1.82) is 0 Å². The molecule has 1 amide bonds. The molecule has 1 aliphatic rings. The largest absolute Gasteiger partial charge is 0.468 e. The smallest absolute Gasteiger partial charge is 0.422 e. The highest BCUT2D eigenvalue weighted by atomic mass is 19.4. The van der Waals surface area contributed by atoms with Gasteiger partial charge < -0.3 is 14.5 Å². The number of pyridine rings is 1. The molecular weight excluding hydrogens is 311 g/mol. The number of halogens is 3. The lowest BCUT2D eigenvalue weighted by Gasteiger charge is -2.21. The molecule has 1 fully saturated rings. The fraction of sp³-hybridized carbons (Fsp3) is 0.600. The van der Waals surface area contributed by atoms with Crippen molar-refractivity contribution in [1.82, 2.24) is 14.8 Å². The highest BCUT2D eigenvalue weighted by Crippen LogP contribution is 2.18. The van der Waals surface area contributed by atoms with E-state index in [4.69, 9.17) is 0 Å². The third-order valence-electron chi connectivity index (χ3n) is 3.69. The summed E-state index contributed by atoms with van der Waals surface area (Å²) < 4.78 is 41.0. The molecule has 1 aromatic heterocycles. The van der Waals surface area contributed by atoms with Crippen molar-refractivity contribution in [2.75, 3.05) is 40.3 Å². The fourth-order valence-corrected chi connectivity index (χ4v) is 2.61. The van der Waals surface area contributed by atoms with E-state index in [0.717, 1.165) is 19.5 Å². The van der Waals surface area contributed by atoms with Crippen LogP contribution in [0.3, 0.4) is 0 Å². The van der Waals surface area contributed by atoms with Crippen LogP contribution in [-0.2, 0) is 0 Å². The molecule has 5 nitrogen and oxygen atoms in total. The Morgan fingerprint density at radius 3 is 2.83 bits per heavy atom. The third-order valence-corrected chi connectivity index (χ3v) is 3.69. The molecule has 0 N–H and O–H groups in total. The standard InChI is InChI=1S/C15H20F3N3O2/c1-20-7-6-11(8-20)9-21(2)14(22)12-4-3-5-13(19-12)23-10-15(16,17)18/h3-5,11H,6-10H2,1-2H3/t11-/m1/s1. The first kappa shape index (κ1) is 17.5. The molecule has 1 aromatic rings. The number of carbonyl (C=O) groups is 1. The number of alkyl halides is 3. The first-order valence-corrected chi connectivity index (χ1v) is 7.35. The first-order chi connectivity index (χ1) is 10.7. The molecule has 2 rings (SSSR count). The number of carbonyl (C=O) groups excluding carboxylic acids is 1. The molecule has 0 radical (unpaired) electrons. The van der Waals surface area contributed by atoms with Gasteiger partial charge in [0.25, 0.3) is 5.91 Å². The van der Waals surface area contributed by atoms with E-state index in [9.17, 15) is 18.0 Å².